The first-order valence-electron chi connectivity index (χ1n) is 22.7. The number of carbonyl (C=O) groups is 3. The first kappa shape index (κ1) is 36.5. The molecule has 7 heterocycles. The molecule has 3 saturated heterocycles. The van der Waals surface area contributed by atoms with Crippen molar-refractivity contribution in [3.05, 3.63) is 52.1 Å². The smallest absolute Gasteiger partial charge is 0.325 e. The fraction of sp³-hybridized carbons (Fsp3) is 0.578. The number of likely N-dealkylation sites (N-methyl/N-ethyl adjacent to an activating group) is 1. The molecule has 5 fully saturated rings. The molecule has 0 spiro atoms. The number of thiazole rings is 1. The second kappa shape index (κ2) is 15.6. The fourth-order valence-corrected chi connectivity index (χ4v) is 10.4. The van der Waals surface area contributed by atoms with Crippen molar-refractivity contribution in [2.75, 3.05) is 51.8 Å². The lowest BCUT2D eigenvalue weighted by Gasteiger charge is -2.53. The standard InChI is InChI=1S/C45H58N8O5S/c1-8-52-37-10-9-27-18-32(37)34(41(52)33-19-30(22-46-39(33)26(3)57-7)51-13-11-50(6)12-14-51)21-45(4,5)24-58-44(56)40-28-16-29(17-28)53(49-40)43(55)35(20-38-47-36(27)23-59-38)48-42(54)31-15-25(31)2/h9-10,18-19,22-23,25-26,28-29,31,35,40,49H,8,11-17,20-21,24H2,1-7H3,(H,48,54)/t25-,26-,28?,29?,31-,35-,40-/m0/s1/i6D3. The lowest BCUT2D eigenvalue weighted by Crippen LogP contribution is -2.71. The average molecular weight is 826 g/mol. The molecule has 4 aliphatic heterocycles. The summed E-state index contributed by atoms with van der Waals surface area (Å²) in [4.78, 5) is 55.7. The number of methoxy groups -OCH3 is 1. The number of hydrogen-bond donors (Lipinski definition) is 2. The molecule has 2 amide bonds. The molecule has 1 aromatic carbocycles. The van der Waals surface area contributed by atoms with E-state index in [0.29, 0.717) is 52.0 Å². The number of cyclic esters (lactones) is 1. The summed E-state index contributed by atoms with van der Waals surface area (Å²) in [5.74, 6) is -0.540. The number of hydrogen-bond acceptors (Lipinski definition) is 11. The maximum atomic E-state index is 14.4. The summed E-state index contributed by atoms with van der Waals surface area (Å²) < 4.78 is 38.3. The van der Waals surface area contributed by atoms with E-state index in [0.717, 1.165) is 61.8 Å². The molecular formula is C45H58N8O5S. The first-order chi connectivity index (χ1) is 29.5. The Morgan fingerprint density at radius 3 is 2.66 bits per heavy atom. The number of aromatic nitrogens is 3. The minimum atomic E-state index is -2.14. The summed E-state index contributed by atoms with van der Waals surface area (Å²) in [5, 5.41) is 8.47. The van der Waals surface area contributed by atoms with Crippen molar-refractivity contribution >= 4 is 45.7 Å². The number of benzene rings is 1. The van der Waals surface area contributed by atoms with Gasteiger partial charge in [0.15, 0.2) is 0 Å². The number of esters is 1. The largest absolute Gasteiger partial charge is 0.464 e. The quantitative estimate of drug-likeness (QED) is 0.227. The van der Waals surface area contributed by atoms with Crippen LogP contribution < -0.4 is 15.6 Å². The predicted octanol–water partition coefficient (Wildman–Crippen LogP) is 5.61. The molecule has 2 saturated carbocycles. The molecule has 2 aliphatic carbocycles. The number of rotatable bonds is 7. The summed E-state index contributed by atoms with van der Waals surface area (Å²) in [6.07, 6.45) is 4.51. The van der Waals surface area contributed by atoms with Crippen LogP contribution in [0.15, 0.2) is 35.8 Å². The minimum absolute atomic E-state index is 0.0529. The van der Waals surface area contributed by atoms with Gasteiger partial charge in [-0.1, -0.05) is 26.8 Å². The lowest BCUT2D eigenvalue weighted by atomic mass is 9.73. The zero-order valence-electron chi connectivity index (χ0n) is 37.9. The molecule has 4 aromatic rings. The highest BCUT2D eigenvalue weighted by Crippen LogP contribution is 2.44. The van der Waals surface area contributed by atoms with E-state index in [1.165, 1.54) is 11.3 Å². The van der Waals surface area contributed by atoms with E-state index in [2.05, 4.69) is 65.2 Å². The van der Waals surface area contributed by atoms with Gasteiger partial charge in [0.2, 0.25) is 5.91 Å². The number of fused-ring (bicyclic) bond motifs is 4. The van der Waals surface area contributed by atoms with E-state index in [9.17, 15) is 14.4 Å². The Balaban J connectivity index is 1.16. The predicted molar refractivity (Wildman–Crippen MR) is 229 cm³/mol. The van der Waals surface area contributed by atoms with Crippen molar-refractivity contribution in [3.8, 4) is 22.5 Å². The van der Waals surface area contributed by atoms with Gasteiger partial charge >= 0.3 is 5.97 Å². The van der Waals surface area contributed by atoms with Gasteiger partial charge in [-0.05, 0) is 82.1 Å². The van der Waals surface area contributed by atoms with Crippen LogP contribution in [0.3, 0.4) is 0 Å². The van der Waals surface area contributed by atoms with E-state index in [1.54, 1.807) is 17.0 Å². The molecule has 5 atom stereocenters. The van der Waals surface area contributed by atoms with Crippen LogP contribution in [0.1, 0.15) is 80.4 Å². The number of aryl methyl sites for hydroxylation is 1. The summed E-state index contributed by atoms with van der Waals surface area (Å²) in [5.41, 5.74) is 10.2. The third-order valence-electron chi connectivity index (χ3n) is 13.3. The highest BCUT2D eigenvalue weighted by Gasteiger charge is 2.51. The fourth-order valence-electron chi connectivity index (χ4n) is 9.52. The number of hydrazine groups is 1. The Morgan fingerprint density at radius 2 is 1.95 bits per heavy atom. The van der Waals surface area contributed by atoms with E-state index >= 15 is 0 Å². The number of carbonyl (C=O) groups excluding carboxylic acids is 3. The van der Waals surface area contributed by atoms with Crippen LogP contribution in [0.5, 0.6) is 0 Å². The molecule has 0 radical (unpaired) electrons. The molecule has 6 aliphatic rings. The van der Waals surface area contributed by atoms with Gasteiger partial charge in [0.25, 0.3) is 5.91 Å². The number of ether oxygens (including phenoxy) is 2. The molecule has 2 N–H and O–H groups in total. The van der Waals surface area contributed by atoms with E-state index < -0.39 is 24.5 Å². The van der Waals surface area contributed by atoms with Crippen LogP contribution in [0, 0.1) is 23.2 Å². The Hall–Kier alpha value is -4.37. The number of piperazine rings is 1. The van der Waals surface area contributed by atoms with Gasteiger partial charge in [0.1, 0.15) is 12.1 Å². The topological polar surface area (TPSA) is 134 Å². The lowest BCUT2D eigenvalue weighted by molar-refractivity contribution is -0.171. The SMILES string of the molecule is [2H]C([2H])([2H])N1CCN(c2cnc([C@H](C)OC)c(-c3c4c5cc(ccc5n3CC)-c3csc(n3)C[C@H](NC(=O)[C@H]3C[C@@H]3C)C(=O)N3N[C@H](C(=O)OCC(C)(C)C4)C4CC3C4)c2)CC1. The number of nitrogens with one attached hydrogen (secondary N) is 2. The van der Waals surface area contributed by atoms with Crippen molar-refractivity contribution in [3.63, 3.8) is 0 Å². The van der Waals surface area contributed by atoms with Crippen LogP contribution in [-0.2, 0) is 43.2 Å². The van der Waals surface area contributed by atoms with E-state index in [4.69, 9.17) is 23.6 Å². The summed E-state index contributed by atoms with van der Waals surface area (Å²) >= 11 is 1.47. The van der Waals surface area contributed by atoms with Crippen molar-refractivity contribution in [2.45, 2.75) is 97.5 Å². The molecule has 314 valence electrons. The molecule has 0 unspecified atom stereocenters. The third kappa shape index (κ3) is 7.55. The molecular weight excluding hydrogens is 765 g/mol. The van der Waals surface area contributed by atoms with Gasteiger partial charge < -0.3 is 29.2 Å². The molecule has 10 rings (SSSR count). The van der Waals surface area contributed by atoms with Crippen LogP contribution in [0.2, 0.25) is 0 Å². The maximum absolute atomic E-state index is 14.4. The molecule has 14 heteroatoms. The van der Waals surface area contributed by atoms with Gasteiger partial charge in [0, 0.05) is 95.2 Å². The van der Waals surface area contributed by atoms with Gasteiger partial charge in [-0.25, -0.2) is 10.4 Å². The monoisotopic (exact) mass is 825 g/mol. The highest BCUT2D eigenvalue weighted by molar-refractivity contribution is 7.10. The molecule has 13 nitrogen and oxygen atoms in total. The zero-order valence-corrected chi connectivity index (χ0v) is 35.7. The van der Waals surface area contributed by atoms with Crippen molar-refractivity contribution < 1.29 is 28.0 Å². The third-order valence-corrected chi connectivity index (χ3v) is 14.2. The Morgan fingerprint density at radius 1 is 1.17 bits per heavy atom. The Labute approximate surface area is 355 Å². The van der Waals surface area contributed by atoms with Crippen molar-refractivity contribution in [1.29, 1.82) is 0 Å². The number of pyridine rings is 1. The van der Waals surface area contributed by atoms with E-state index in [1.807, 2.05) is 25.4 Å². The van der Waals surface area contributed by atoms with Crippen molar-refractivity contribution in [2.24, 2.45) is 23.2 Å². The molecule has 8 bridgehead atoms. The maximum Gasteiger partial charge on any atom is 0.325 e. The Kier molecular flexibility index (Phi) is 9.64. The highest BCUT2D eigenvalue weighted by atomic mass is 32.1. The second-order valence-electron chi connectivity index (χ2n) is 18.1. The first-order valence-corrected chi connectivity index (χ1v) is 22.1. The number of anilines is 1. The van der Waals surface area contributed by atoms with E-state index in [-0.39, 0.29) is 60.7 Å². The summed E-state index contributed by atoms with van der Waals surface area (Å²) in [7, 11) is 1.68. The summed E-state index contributed by atoms with van der Waals surface area (Å²) in [6.45, 7) is 11.0. The Bertz CT molecular complexity index is 2390. The summed E-state index contributed by atoms with van der Waals surface area (Å²) in [6, 6.07) is 7.02. The van der Waals surface area contributed by atoms with Gasteiger partial charge in [0.05, 0.1) is 46.7 Å². The zero-order chi connectivity index (χ0) is 43.8. The average Bonchev–Trinajstić information content (AvgIpc) is 3.66. The number of nitrogens with zero attached hydrogens (tertiary/aromatic N) is 6. The second-order valence-corrected chi connectivity index (χ2v) is 19.1. The van der Waals surface area contributed by atoms with Crippen LogP contribution in [0.25, 0.3) is 33.4 Å². The van der Waals surface area contributed by atoms with Crippen LogP contribution >= 0.6 is 11.3 Å². The normalized spacial score (nSPS) is 28.5. The number of amides is 2. The van der Waals surface area contributed by atoms with Crippen LogP contribution in [0.4, 0.5) is 5.69 Å². The van der Waals surface area contributed by atoms with Gasteiger partial charge in [-0.2, -0.15) is 0 Å². The van der Waals surface area contributed by atoms with Gasteiger partial charge in [-0.3, -0.25) is 24.4 Å². The van der Waals surface area contributed by atoms with Crippen molar-refractivity contribution in [1.82, 2.24) is 35.2 Å². The van der Waals surface area contributed by atoms with Crippen LogP contribution in [-0.4, -0.2) is 107 Å². The minimum Gasteiger partial charge on any atom is -0.464 e. The molecule has 3 aromatic heterocycles. The molecule has 59 heavy (non-hydrogen) atoms. The van der Waals surface area contributed by atoms with Gasteiger partial charge in [-0.15, -0.1) is 11.3 Å².